The number of carbonyl (C=O) groups is 5. The number of aliphatic hydroxyl groups is 1. The minimum Gasteiger partial charge on any atom is -0.372 e. The molecule has 0 unspecified atom stereocenters. The third kappa shape index (κ3) is 5.04. The van der Waals surface area contributed by atoms with Gasteiger partial charge in [-0.25, -0.2) is 0 Å². The van der Waals surface area contributed by atoms with Crippen LogP contribution in [0.2, 0.25) is 0 Å². The monoisotopic (exact) mass is 520 g/mol. The van der Waals surface area contributed by atoms with Gasteiger partial charge >= 0.3 is 0 Å². The van der Waals surface area contributed by atoms with Crippen molar-refractivity contribution in [3.8, 4) is 11.1 Å². The van der Waals surface area contributed by atoms with Crippen LogP contribution in [0.25, 0.3) is 11.1 Å². The maximum absolute atomic E-state index is 13.7. The number of fused-ring (bicyclic) bond motifs is 3. The third-order valence-electron chi connectivity index (χ3n) is 7.14. The van der Waals surface area contributed by atoms with Gasteiger partial charge in [-0.15, -0.1) is 0 Å². The predicted octanol–water partition coefficient (Wildman–Crippen LogP) is 0.499. The fourth-order valence-electron chi connectivity index (χ4n) is 5.25. The maximum Gasteiger partial charge on any atom is 0.287 e. The Hall–Kier alpha value is -4.05. The second kappa shape index (κ2) is 10.7. The predicted molar refractivity (Wildman–Crippen MR) is 138 cm³/mol. The lowest BCUT2D eigenvalue weighted by molar-refractivity contribution is -0.141. The summed E-state index contributed by atoms with van der Waals surface area (Å²) in [6, 6.07) is 11.6. The van der Waals surface area contributed by atoms with Crippen LogP contribution in [0.15, 0.2) is 48.5 Å². The summed E-state index contributed by atoms with van der Waals surface area (Å²) in [6.45, 7) is 4.15. The summed E-state index contributed by atoms with van der Waals surface area (Å²) in [5.74, 6) is -4.63. The van der Waals surface area contributed by atoms with E-state index in [2.05, 4.69) is 16.0 Å². The standard InChI is InChI=1S/C28H32N4O6/c1-15(2)13-22(26(36)31-21(23(33)24(29)34)14-16-11-12-30-25(16)35)32-27(37)28(38)19-9-5-3-7-17(19)18-8-4-6-10-20(18)28/h3-10,15-16,21-22,38H,11-14H2,1-2H3,(H2,29,34)(H,30,35)(H,31,36)(H,32,37)/t16-,21-,22-/m1/s1. The molecule has 4 rings (SSSR count). The number of benzene rings is 2. The lowest BCUT2D eigenvalue weighted by Crippen LogP contribution is -2.57. The number of nitrogens with one attached hydrogen (secondary N) is 3. The minimum absolute atomic E-state index is 0.0465. The topological polar surface area (TPSA) is 168 Å². The maximum atomic E-state index is 13.7. The van der Waals surface area contributed by atoms with Crippen molar-refractivity contribution in [3.05, 3.63) is 59.7 Å². The second-order valence-electron chi connectivity index (χ2n) is 10.3. The van der Waals surface area contributed by atoms with Crippen molar-refractivity contribution in [1.29, 1.82) is 0 Å². The molecule has 0 bridgehead atoms. The van der Waals surface area contributed by atoms with E-state index in [1.807, 2.05) is 38.1 Å². The lowest BCUT2D eigenvalue weighted by atomic mass is 9.89. The van der Waals surface area contributed by atoms with E-state index in [-0.39, 0.29) is 24.7 Å². The quantitative estimate of drug-likeness (QED) is 0.286. The molecule has 1 aliphatic heterocycles. The van der Waals surface area contributed by atoms with Crippen molar-refractivity contribution in [2.45, 2.75) is 50.8 Å². The van der Waals surface area contributed by atoms with Crippen LogP contribution in [0.3, 0.4) is 0 Å². The first kappa shape index (κ1) is 27.0. The van der Waals surface area contributed by atoms with E-state index in [9.17, 15) is 29.1 Å². The minimum atomic E-state index is -2.03. The van der Waals surface area contributed by atoms with Crippen molar-refractivity contribution < 1.29 is 29.1 Å². The van der Waals surface area contributed by atoms with Crippen molar-refractivity contribution in [1.82, 2.24) is 16.0 Å². The molecule has 200 valence electrons. The van der Waals surface area contributed by atoms with Crippen LogP contribution in [-0.2, 0) is 29.6 Å². The highest BCUT2D eigenvalue weighted by atomic mass is 16.3. The summed E-state index contributed by atoms with van der Waals surface area (Å²) >= 11 is 0. The van der Waals surface area contributed by atoms with Gasteiger partial charge in [0.05, 0.1) is 6.04 Å². The molecule has 0 aromatic heterocycles. The number of Topliss-reactive ketones (excluding diaryl/α,β-unsaturated/α-hetero) is 1. The first-order chi connectivity index (χ1) is 18.0. The van der Waals surface area contributed by atoms with Crippen molar-refractivity contribution in [2.24, 2.45) is 17.6 Å². The Morgan fingerprint density at radius 2 is 1.58 bits per heavy atom. The molecule has 38 heavy (non-hydrogen) atoms. The van der Waals surface area contributed by atoms with Crippen molar-refractivity contribution in [2.75, 3.05) is 6.54 Å². The van der Waals surface area contributed by atoms with Crippen molar-refractivity contribution >= 4 is 29.4 Å². The number of hydrogen-bond acceptors (Lipinski definition) is 6. The molecule has 1 fully saturated rings. The van der Waals surface area contributed by atoms with Gasteiger partial charge < -0.3 is 26.8 Å². The second-order valence-corrected chi connectivity index (χ2v) is 10.3. The SMILES string of the molecule is CC(C)C[C@@H](NC(=O)C1(O)c2ccccc2-c2ccccc21)C(=O)N[C@H](C[C@H]1CCNC1=O)C(=O)C(N)=O. The number of carbonyl (C=O) groups excluding carboxylic acids is 5. The molecule has 1 heterocycles. The molecular formula is C28H32N4O6. The molecule has 10 nitrogen and oxygen atoms in total. The Bertz CT molecular complexity index is 1240. The number of rotatable bonds is 10. The normalized spacial score (nSPS) is 18.6. The third-order valence-corrected chi connectivity index (χ3v) is 7.14. The summed E-state index contributed by atoms with van der Waals surface area (Å²) in [5, 5.41) is 19.7. The highest BCUT2D eigenvalue weighted by molar-refractivity contribution is 6.38. The van der Waals surface area contributed by atoms with E-state index >= 15 is 0 Å². The van der Waals surface area contributed by atoms with Gasteiger partial charge in [0.1, 0.15) is 6.04 Å². The molecular weight excluding hydrogens is 488 g/mol. The summed E-state index contributed by atoms with van der Waals surface area (Å²) in [6.07, 6.45) is 0.556. The van der Waals surface area contributed by atoms with Gasteiger partial charge in [0.15, 0.2) is 5.60 Å². The molecule has 1 aliphatic carbocycles. The highest BCUT2D eigenvalue weighted by Gasteiger charge is 2.48. The highest BCUT2D eigenvalue weighted by Crippen LogP contribution is 2.47. The number of primary amides is 1. The number of ketones is 1. The van der Waals surface area contributed by atoms with Gasteiger partial charge in [-0.1, -0.05) is 62.4 Å². The Morgan fingerprint density at radius 1 is 1.00 bits per heavy atom. The van der Waals surface area contributed by atoms with E-state index < -0.39 is 47.1 Å². The van der Waals surface area contributed by atoms with Crippen LogP contribution >= 0.6 is 0 Å². The molecule has 0 radical (unpaired) electrons. The smallest absolute Gasteiger partial charge is 0.287 e. The lowest BCUT2D eigenvalue weighted by Gasteiger charge is -2.29. The van der Waals surface area contributed by atoms with Gasteiger partial charge in [-0.3, -0.25) is 24.0 Å². The van der Waals surface area contributed by atoms with E-state index in [0.29, 0.717) is 35.2 Å². The van der Waals surface area contributed by atoms with Crippen LogP contribution < -0.4 is 21.7 Å². The molecule has 4 amide bonds. The molecule has 10 heteroatoms. The Morgan fingerprint density at radius 3 is 2.08 bits per heavy atom. The summed E-state index contributed by atoms with van der Waals surface area (Å²) in [4.78, 5) is 63.4. The van der Waals surface area contributed by atoms with Crippen LogP contribution in [-0.4, -0.2) is 53.1 Å². The van der Waals surface area contributed by atoms with Gasteiger partial charge in [-0.2, -0.15) is 0 Å². The van der Waals surface area contributed by atoms with Crippen LogP contribution in [0.5, 0.6) is 0 Å². The van der Waals surface area contributed by atoms with Gasteiger partial charge in [0.25, 0.3) is 11.8 Å². The molecule has 6 N–H and O–H groups in total. The Labute approximate surface area is 220 Å². The zero-order chi connectivity index (χ0) is 27.6. The largest absolute Gasteiger partial charge is 0.372 e. The molecule has 0 spiro atoms. The average Bonchev–Trinajstić information content (AvgIpc) is 3.41. The van der Waals surface area contributed by atoms with E-state index in [1.54, 1.807) is 24.3 Å². The van der Waals surface area contributed by atoms with Gasteiger partial charge in [0, 0.05) is 23.6 Å². The molecule has 3 atom stereocenters. The average molecular weight is 521 g/mol. The van der Waals surface area contributed by atoms with Gasteiger partial charge in [-0.05, 0) is 36.3 Å². The Kier molecular flexibility index (Phi) is 7.63. The van der Waals surface area contributed by atoms with Crippen LogP contribution in [0.4, 0.5) is 0 Å². The fraction of sp³-hybridized carbons (Fsp3) is 0.393. The number of amides is 4. The van der Waals surface area contributed by atoms with Crippen molar-refractivity contribution in [3.63, 3.8) is 0 Å². The first-order valence-corrected chi connectivity index (χ1v) is 12.7. The summed E-state index contributed by atoms with van der Waals surface area (Å²) < 4.78 is 0. The molecule has 2 aromatic carbocycles. The summed E-state index contributed by atoms with van der Waals surface area (Å²) in [5.41, 5.74) is 5.40. The molecule has 0 saturated carbocycles. The first-order valence-electron chi connectivity index (χ1n) is 12.7. The zero-order valence-electron chi connectivity index (χ0n) is 21.3. The van der Waals surface area contributed by atoms with Crippen LogP contribution in [0.1, 0.15) is 44.2 Å². The van der Waals surface area contributed by atoms with E-state index in [1.165, 1.54) is 0 Å². The zero-order valence-corrected chi connectivity index (χ0v) is 21.3. The van der Waals surface area contributed by atoms with Gasteiger partial charge in [0.2, 0.25) is 17.6 Å². The molecule has 2 aromatic rings. The number of nitrogens with two attached hydrogens (primary N) is 1. The Balaban J connectivity index is 1.60. The summed E-state index contributed by atoms with van der Waals surface area (Å²) in [7, 11) is 0. The molecule has 2 aliphatic rings. The fourth-order valence-corrected chi connectivity index (χ4v) is 5.25. The van der Waals surface area contributed by atoms with E-state index in [0.717, 1.165) is 0 Å². The van der Waals surface area contributed by atoms with E-state index in [4.69, 9.17) is 5.73 Å². The molecule has 1 saturated heterocycles. The number of hydrogen-bond donors (Lipinski definition) is 5. The van der Waals surface area contributed by atoms with Crippen LogP contribution in [0, 0.1) is 11.8 Å².